The third-order valence-corrected chi connectivity index (χ3v) is 7.01. The van der Waals surface area contributed by atoms with Crippen molar-refractivity contribution in [3.63, 3.8) is 0 Å². The summed E-state index contributed by atoms with van der Waals surface area (Å²) in [6.45, 7) is 3.74. The monoisotopic (exact) mass is 491 g/mol. The van der Waals surface area contributed by atoms with Crippen LogP contribution in [0.4, 0.5) is 11.9 Å². The van der Waals surface area contributed by atoms with Crippen LogP contribution in [0.1, 0.15) is 0 Å². The van der Waals surface area contributed by atoms with Gasteiger partial charge in [0.2, 0.25) is 27.8 Å². The summed E-state index contributed by atoms with van der Waals surface area (Å²) in [5, 5.41) is 3.03. The van der Waals surface area contributed by atoms with Crippen LogP contribution in [0.15, 0.2) is 24.3 Å². The first-order valence-electron chi connectivity index (χ1n) is 11.0. The number of ether oxygens (including phenoxy) is 2. The first-order valence-corrected chi connectivity index (χ1v) is 12.9. The number of carbonyl (C=O) groups excluding carboxylic acids is 1. The molecule has 4 rings (SSSR count). The Balaban J connectivity index is 1.49. The number of aromatic nitrogens is 3. The Hall–Kier alpha value is -3.03. The second-order valence-corrected chi connectivity index (χ2v) is 9.99. The van der Waals surface area contributed by atoms with Crippen LogP contribution in [0.2, 0.25) is 0 Å². The number of hydrogen-bond donors (Lipinski definition) is 1. The fraction of sp³-hybridized carbons (Fsp3) is 0.524. The van der Waals surface area contributed by atoms with Gasteiger partial charge in [-0.2, -0.15) is 19.3 Å². The number of morpholine rings is 1. The number of carbonyl (C=O) groups is 1. The van der Waals surface area contributed by atoms with Gasteiger partial charge in [-0.15, -0.1) is 0 Å². The Morgan fingerprint density at radius 2 is 1.82 bits per heavy atom. The second kappa shape index (κ2) is 10.5. The Morgan fingerprint density at radius 3 is 2.50 bits per heavy atom. The van der Waals surface area contributed by atoms with Crippen molar-refractivity contribution in [3.8, 4) is 17.1 Å². The minimum Gasteiger partial charge on any atom is -0.497 e. The van der Waals surface area contributed by atoms with Crippen molar-refractivity contribution in [2.45, 2.75) is 0 Å². The highest BCUT2D eigenvalue weighted by Crippen LogP contribution is 2.24. The molecule has 12 nitrogen and oxygen atoms in total. The highest BCUT2D eigenvalue weighted by Gasteiger charge is 2.26. The molecule has 2 saturated heterocycles. The van der Waals surface area contributed by atoms with Gasteiger partial charge < -0.3 is 24.6 Å². The van der Waals surface area contributed by atoms with E-state index in [0.717, 1.165) is 5.56 Å². The average molecular weight is 492 g/mol. The van der Waals surface area contributed by atoms with Gasteiger partial charge in [0.15, 0.2) is 5.82 Å². The molecule has 0 radical (unpaired) electrons. The Labute approximate surface area is 198 Å². The van der Waals surface area contributed by atoms with Crippen molar-refractivity contribution in [1.29, 1.82) is 0 Å². The first-order chi connectivity index (χ1) is 16.3. The topological polar surface area (TPSA) is 130 Å². The molecule has 0 saturated carbocycles. The number of hydrogen-bond acceptors (Lipinski definition) is 10. The quantitative estimate of drug-likeness (QED) is 0.560. The van der Waals surface area contributed by atoms with E-state index in [4.69, 9.17) is 9.47 Å². The largest absolute Gasteiger partial charge is 0.497 e. The lowest BCUT2D eigenvalue weighted by Crippen LogP contribution is -2.51. The summed E-state index contributed by atoms with van der Waals surface area (Å²) in [4.78, 5) is 30.1. The Morgan fingerprint density at radius 1 is 1.09 bits per heavy atom. The standard InChI is InChI=1S/C21H29N7O5S/c1-32-17-5-3-4-16(14-17)19-23-20(25-21(24-19)27-10-12-33-13-11-27)22-15-18(29)26-6-8-28(9-7-26)34(2,30)31/h3-5,14H,6-13,15H2,1-2H3,(H,22,23,24,25). The van der Waals surface area contributed by atoms with Gasteiger partial charge in [0.05, 0.1) is 33.1 Å². The van der Waals surface area contributed by atoms with Gasteiger partial charge in [-0.1, -0.05) is 12.1 Å². The zero-order chi connectivity index (χ0) is 24.1. The van der Waals surface area contributed by atoms with Crippen LogP contribution in [-0.4, -0.2) is 111 Å². The molecule has 0 unspecified atom stereocenters. The molecule has 0 aliphatic carbocycles. The second-order valence-electron chi connectivity index (χ2n) is 8.01. The van der Waals surface area contributed by atoms with Crippen LogP contribution in [0.5, 0.6) is 5.75 Å². The van der Waals surface area contributed by atoms with Gasteiger partial charge in [-0.25, -0.2) is 8.42 Å². The molecule has 34 heavy (non-hydrogen) atoms. The zero-order valence-corrected chi connectivity index (χ0v) is 20.1. The molecule has 1 aromatic heterocycles. The van der Waals surface area contributed by atoms with Crippen LogP contribution in [0.3, 0.4) is 0 Å². The minimum atomic E-state index is -3.25. The fourth-order valence-electron chi connectivity index (χ4n) is 3.78. The summed E-state index contributed by atoms with van der Waals surface area (Å²) in [6, 6.07) is 7.43. The maximum absolute atomic E-state index is 12.7. The van der Waals surface area contributed by atoms with Crippen LogP contribution >= 0.6 is 0 Å². The number of methoxy groups -OCH3 is 1. The van der Waals surface area contributed by atoms with Crippen LogP contribution in [0, 0.1) is 0 Å². The van der Waals surface area contributed by atoms with Gasteiger partial charge in [0.1, 0.15) is 5.75 Å². The SMILES string of the molecule is COc1cccc(-c2nc(NCC(=O)N3CCN(S(C)(=O)=O)CC3)nc(N3CCOCC3)n2)c1. The summed E-state index contributed by atoms with van der Waals surface area (Å²) in [5.74, 6) is 1.80. The van der Waals surface area contributed by atoms with Crippen molar-refractivity contribution >= 4 is 27.8 Å². The Bertz CT molecular complexity index is 1120. The molecule has 1 amide bonds. The van der Waals surface area contributed by atoms with Crippen molar-refractivity contribution in [3.05, 3.63) is 24.3 Å². The number of nitrogens with one attached hydrogen (secondary N) is 1. The molecule has 2 aromatic rings. The van der Waals surface area contributed by atoms with E-state index in [1.165, 1.54) is 10.6 Å². The smallest absolute Gasteiger partial charge is 0.242 e. The third-order valence-electron chi connectivity index (χ3n) is 5.70. The molecular weight excluding hydrogens is 462 g/mol. The predicted octanol–water partition coefficient (Wildman–Crippen LogP) is -0.100. The lowest BCUT2D eigenvalue weighted by atomic mass is 10.2. The van der Waals surface area contributed by atoms with E-state index in [0.29, 0.717) is 56.9 Å². The lowest BCUT2D eigenvalue weighted by Gasteiger charge is -2.33. The van der Waals surface area contributed by atoms with Gasteiger partial charge >= 0.3 is 0 Å². The molecule has 0 spiro atoms. The predicted molar refractivity (Wildman–Crippen MR) is 126 cm³/mol. The maximum atomic E-state index is 12.7. The summed E-state index contributed by atoms with van der Waals surface area (Å²) in [5.41, 5.74) is 0.766. The van der Waals surface area contributed by atoms with E-state index < -0.39 is 10.0 Å². The molecule has 184 valence electrons. The summed E-state index contributed by atoms with van der Waals surface area (Å²) < 4.78 is 35.5. The molecule has 2 fully saturated rings. The lowest BCUT2D eigenvalue weighted by molar-refractivity contribution is -0.130. The molecule has 13 heteroatoms. The van der Waals surface area contributed by atoms with Crippen molar-refractivity contribution in [1.82, 2.24) is 24.2 Å². The van der Waals surface area contributed by atoms with Crippen LogP contribution in [-0.2, 0) is 19.6 Å². The van der Waals surface area contributed by atoms with Gasteiger partial charge in [0, 0.05) is 44.8 Å². The number of piperazine rings is 1. The van der Waals surface area contributed by atoms with Gasteiger partial charge in [0.25, 0.3) is 0 Å². The Kier molecular flexibility index (Phi) is 7.44. The van der Waals surface area contributed by atoms with Crippen LogP contribution < -0.4 is 15.0 Å². The number of amides is 1. The molecule has 1 aromatic carbocycles. The summed E-state index contributed by atoms with van der Waals surface area (Å²) >= 11 is 0. The molecule has 0 bridgehead atoms. The highest BCUT2D eigenvalue weighted by atomic mass is 32.2. The summed E-state index contributed by atoms with van der Waals surface area (Å²) in [7, 11) is -1.65. The van der Waals surface area contributed by atoms with Crippen LogP contribution in [0.25, 0.3) is 11.4 Å². The summed E-state index contributed by atoms with van der Waals surface area (Å²) in [6.07, 6.45) is 1.18. The van der Waals surface area contributed by atoms with E-state index in [-0.39, 0.29) is 31.5 Å². The number of rotatable bonds is 7. The number of sulfonamides is 1. The molecular formula is C21H29N7O5S. The zero-order valence-electron chi connectivity index (χ0n) is 19.3. The molecule has 1 N–H and O–H groups in total. The van der Waals surface area contributed by atoms with Crippen molar-refractivity contribution in [2.75, 3.05) is 82.6 Å². The highest BCUT2D eigenvalue weighted by molar-refractivity contribution is 7.88. The van der Waals surface area contributed by atoms with E-state index in [9.17, 15) is 13.2 Å². The van der Waals surface area contributed by atoms with E-state index in [1.807, 2.05) is 29.2 Å². The number of anilines is 2. The molecule has 0 atom stereocenters. The molecule has 2 aliphatic rings. The third kappa shape index (κ3) is 5.90. The molecule has 3 heterocycles. The first kappa shape index (κ1) is 24.1. The van der Waals surface area contributed by atoms with Crippen molar-refractivity contribution in [2.24, 2.45) is 0 Å². The number of nitrogens with zero attached hydrogens (tertiary/aromatic N) is 6. The van der Waals surface area contributed by atoms with Crippen molar-refractivity contribution < 1.29 is 22.7 Å². The molecule has 2 aliphatic heterocycles. The minimum absolute atomic E-state index is 0.0109. The van der Waals surface area contributed by atoms with E-state index >= 15 is 0 Å². The average Bonchev–Trinajstić information content (AvgIpc) is 2.87. The normalized spacial score (nSPS) is 17.5. The van der Waals surface area contributed by atoms with E-state index in [1.54, 1.807) is 12.0 Å². The van der Waals surface area contributed by atoms with Gasteiger partial charge in [-0.3, -0.25) is 4.79 Å². The fourth-order valence-corrected chi connectivity index (χ4v) is 4.60. The maximum Gasteiger partial charge on any atom is 0.242 e. The van der Waals surface area contributed by atoms with Gasteiger partial charge in [-0.05, 0) is 12.1 Å². The van der Waals surface area contributed by atoms with E-state index in [2.05, 4.69) is 20.3 Å². The number of benzene rings is 1.